The molecule has 0 spiro atoms. The zero-order valence-corrected chi connectivity index (χ0v) is 11.8. The minimum Gasteiger partial charge on any atom is -0.350 e. The van der Waals surface area contributed by atoms with Crippen LogP contribution in [0.3, 0.4) is 0 Å². The van der Waals surface area contributed by atoms with E-state index in [9.17, 15) is 18.0 Å². The molecule has 2 aromatic rings. The Morgan fingerprint density at radius 3 is 2.64 bits per heavy atom. The standard InChI is InChI=1S/C11H11ClF3N5O2/c12-8-1-16-19(3-8)5-10(21)18-9-2-17-20(4-9)7-22-6-11(13,14)15/h1-4H,5-7H2,(H,18,21). The number of halogens is 4. The van der Waals surface area contributed by atoms with Crippen LogP contribution in [0.1, 0.15) is 0 Å². The number of hydrogen-bond acceptors (Lipinski definition) is 4. The summed E-state index contributed by atoms with van der Waals surface area (Å²) in [5.74, 6) is -0.379. The van der Waals surface area contributed by atoms with Gasteiger partial charge in [-0.25, -0.2) is 4.68 Å². The molecule has 22 heavy (non-hydrogen) atoms. The molecule has 0 bridgehead atoms. The van der Waals surface area contributed by atoms with Crippen LogP contribution in [0.2, 0.25) is 5.02 Å². The molecule has 0 radical (unpaired) electrons. The lowest BCUT2D eigenvalue weighted by Crippen LogP contribution is -2.19. The second kappa shape index (κ2) is 6.79. The predicted octanol–water partition coefficient (Wildman–Crippen LogP) is 1.91. The van der Waals surface area contributed by atoms with E-state index in [1.54, 1.807) is 0 Å². The SMILES string of the molecule is O=C(Cn1cc(Cl)cn1)Nc1cnn(COCC(F)(F)F)c1. The summed E-state index contributed by atoms with van der Waals surface area (Å²) in [5.41, 5.74) is 0.332. The Balaban J connectivity index is 1.80. The van der Waals surface area contributed by atoms with Gasteiger partial charge in [-0.3, -0.25) is 9.48 Å². The lowest BCUT2D eigenvalue weighted by Gasteiger charge is -2.07. The molecule has 11 heteroatoms. The molecule has 2 aromatic heterocycles. The first kappa shape index (κ1) is 16.3. The summed E-state index contributed by atoms with van der Waals surface area (Å²) < 4.78 is 42.7. The van der Waals surface area contributed by atoms with Gasteiger partial charge in [-0.15, -0.1) is 0 Å². The van der Waals surface area contributed by atoms with Gasteiger partial charge in [0.25, 0.3) is 0 Å². The third kappa shape index (κ3) is 5.37. The second-order valence-electron chi connectivity index (χ2n) is 4.27. The first-order valence-corrected chi connectivity index (χ1v) is 6.34. The van der Waals surface area contributed by atoms with E-state index in [0.717, 1.165) is 4.68 Å². The first-order valence-electron chi connectivity index (χ1n) is 5.96. The molecular weight excluding hydrogens is 327 g/mol. The van der Waals surface area contributed by atoms with Crippen LogP contribution in [0.4, 0.5) is 18.9 Å². The van der Waals surface area contributed by atoms with Crippen molar-refractivity contribution < 1.29 is 22.7 Å². The van der Waals surface area contributed by atoms with Crippen molar-refractivity contribution in [3.05, 3.63) is 29.8 Å². The van der Waals surface area contributed by atoms with Crippen LogP contribution in [0.15, 0.2) is 24.8 Å². The minimum absolute atomic E-state index is 0.0531. The van der Waals surface area contributed by atoms with E-state index >= 15 is 0 Å². The smallest absolute Gasteiger partial charge is 0.350 e. The summed E-state index contributed by atoms with van der Waals surface area (Å²) in [6, 6.07) is 0. The molecule has 2 rings (SSSR count). The van der Waals surface area contributed by atoms with Crippen molar-refractivity contribution in [2.75, 3.05) is 11.9 Å². The number of nitrogens with one attached hydrogen (secondary N) is 1. The molecule has 1 amide bonds. The van der Waals surface area contributed by atoms with Crippen molar-refractivity contribution >= 4 is 23.2 Å². The molecule has 0 aliphatic carbocycles. The summed E-state index contributed by atoms with van der Waals surface area (Å²) in [4.78, 5) is 11.7. The molecule has 0 unspecified atom stereocenters. The fraction of sp³-hybridized carbons (Fsp3) is 0.364. The van der Waals surface area contributed by atoms with Gasteiger partial charge >= 0.3 is 6.18 Å². The summed E-state index contributed by atoms with van der Waals surface area (Å²) in [7, 11) is 0. The van der Waals surface area contributed by atoms with Crippen LogP contribution in [0.25, 0.3) is 0 Å². The van der Waals surface area contributed by atoms with Crippen LogP contribution in [-0.4, -0.2) is 38.3 Å². The van der Waals surface area contributed by atoms with Crippen LogP contribution >= 0.6 is 11.6 Å². The molecule has 120 valence electrons. The molecule has 0 saturated carbocycles. The zero-order chi connectivity index (χ0) is 16.2. The lowest BCUT2D eigenvalue weighted by molar-refractivity contribution is -0.182. The quantitative estimate of drug-likeness (QED) is 0.874. The number of carbonyl (C=O) groups excluding carboxylic acids is 1. The molecule has 7 nitrogen and oxygen atoms in total. The van der Waals surface area contributed by atoms with E-state index < -0.39 is 12.8 Å². The third-order valence-corrected chi connectivity index (χ3v) is 2.51. The monoisotopic (exact) mass is 337 g/mol. The molecule has 0 aromatic carbocycles. The average molecular weight is 338 g/mol. The number of ether oxygens (including phenoxy) is 1. The number of anilines is 1. The van der Waals surface area contributed by atoms with Crippen LogP contribution in [0, 0.1) is 0 Å². The van der Waals surface area contributed by atoms with Gasteiger partial charge in [0, 0.05) is 6.20 Å². The fourth-order valence-corrected chi connectivity index (χ4v) is 1.68. The summed E-state index contributed by atoms with van der Waals surface area (Å²) in [6.07, 6.45) is 1.13. The normalized spacial score (nSPS) is 11.6. The molecule has 0 aliphatic heterocycles. The van der Waals surface area contributed by atoms with Crippen molar-refractivity contribution in [1.82, 2.24) is 19.6 Å². The Hall–Kier alpha value is -2.07. The molecule has 2 heterocycles. The van der Waals surface area contributed by atoms with Gasteiger partial charge in [-0.05, 0) is 0 Å². The number of amides is 1. The topological polar surface area (TPSA) is 74.0 Å². The maximum Gasteiger partial charge on any atom is 0.411 e. The Morgan fingerprint density at radius 2 is 2.00 bits per heavy atom. The van der Waals surface area contributed by atoms with Crippen LogP contribution in [-0.2, 0) is 22.8 Å². The van der Waals surface area contributed by atoms with Crippen molar-refractivity contribution in [2.24, 2.45) is 0 Å². The number of rotatable bonds is 6. The highest BCUT2D eigenvalue weighted by Crippen LogP contribution is 2.15. The van der Waals surface area contributed by atoms with Gasteiger partial charge in [0.15, 0.2) is 0 Å². The highest BCUT2D eigenvalue weighted by molar-refractivity contribution is 6.30. The second-order valence-corrected chi connectivity index (χ2v) is 4.70. The van der Waals surface area contributed by atoms with E-state index in [0.29, 0.717) is 10.7 Å². The molecule has 0 fully saturated rings. The van der Waals surface area contributed by atoms with Gasteiger partial charge in [-0.1, -0.05) is 11.6 Å². The van der Waals surface area contributed by atoms with Gasteiger partial charge in [-0.2, -0.15) is 23.4 Å². The van der Waals surface area contributed by atoms with E-state index in [1.807, 2.05) is 0 Å². The third-order valence-electron chi connectivity index (χ3n) is 2.31. The van der Waals surface area contributed by atoms with E-state index in [1.165, 1.54) is 29.5 Å². The minimum atomic E-state index is -4.39. The predicted molar refractivity (Wildman–Crippen MR) is 70.1 cm³/mol. The van der Waals surface area contributed by atoms with Gasteiger partial charge < -0.3 is 10.1 Å². The molecule has 1 N–H and O–H groups in total. The van der Waals surface area contributed by atoms with Gasteiger partial charge in [0.2, 0.25) is 5.91 Å². The molecule has 0 aliphatic rings. The van der Waals surface area contributed by atoms with E-state index in [2.05, 4.69) is 20.3 Å². The summed E-state index contributed by atoms with van der Waals surface area (Å²) in [6.45, 7) is -1.79. The lowest BCUT2D eigenvalue weighted by atomic mass is 10.5. The number of nitrogens with zero attached hydrogens (tertiary/aromatic N) is 4. The number of carbonyl (C=O) groups is 1. The van der Waals surface area contributed by atoms with Crippen molar-refractivity contribution in [1.29, 1.82) is 0 Å². The van der Waals surface area contributed by atoms with Gasteiger partial charge in [0.05, 0.1) is 29.3 Å². The van der Waals surface area contributed by atoms with E-state index in [4.69, 9.17) is 11.6 Å². The Kier molecular flexibility index (Phi) is 5.03. The van der Waals surface area contributed by atoms with Crippen LogP contribution < -0.4 is 5.32 Å². The number of hydrogen-bond donors (Lipinski definition) is 1. The largest absolute Gasteiger partial charge is 0.411 e. The van der Waals surface area contributed by atoms with Crippen molar-refractivity contribution in [3.8, 4) is 0 Å². The van der Waals surface area contributed by atoms with Crippen LogP contribution in [0.5, 0.6) is 0 Å². The zero-order valence-electron chi connectivity index (χ0n) is 11.0. The average Bonchev–Trinajstić information content (AvgIpc) is 2.97. The Bertz CT molecular complexity index is 640. The summed E-state index contributed by atoms with van der Waals surface area (Å²) >= 11 is 5.67. The number of aromatic nitrogens is 4. The first-order chi connectivity index (χ1) is 10.3. The summed E-state index contributed by atoms with van der Waals surface area (Å²) in [5, 5.41) is 10.5. The van der Waals surface area contributed by atoms with E-state index in [-0.39, 0.29) is 19.2 Å². The molecular formula is C11H11ClF3N5O2. The highest BCUT2D eigenvalue weighted by atomic mass is 35.5. The fourth-order valence-electron chi connectivity index (χ4n) is 1.53. The van der Waals surface area contributed by atoms with Gasteiger partial charge in [0.1, 0.15) is 19.9 Å². The molecule has 0 atom stereocenters. The highest BCUT2D eigenvalue weighted by Gasteiger charge is 2.27. The maximum atomic E-state index is 11.9. The van der Waals surface area contributed by atoms with Crippen molar-refractivity contribution in [3.63, 3.8) is 0 Å². The van der Waals surface area contributed by atoms with Crippen molar-refractivity contribution in [2.45, 2.75) is 19.5 Å². The number of alkyl halides is 3. The maximum absolute atomic E-state index is 11.9. The molecule has 0 saturated heterocycles. The Morgan fingerprint density at radius 1 is 1.27 bits per heavy atom. The Labute approximate surface area is 127 Å².